The molecular formula is C10H9N3. The first-order valence-electron chi connectivity index (χ1n) is 4.24. The number of hydrogen-bond donors (Lipinski definition) is 3. The third kappa shape index (κ3) is 0.839. The minimum atomic E-state index is 1.03. The molecule has 3 heteroatoms. The zero-order valence-electron chi connectivity index (χ0n) is 6.96. The van der Waals surface area contributed by atoms with E-state index in [2.05, 4.69) is 34.0 Å². The van der Waals surface area contributed by atoms with Gasteiger partial charge < -0.3 is 10.4 Å². The third-order valence-corrected chi connectivity index (χ3v) is 2.28. The van der Waals surface area contributed by atoms with Gasteiger partial charge in [-0.1, -0.05) is 18.2 Å². The molecule has 0 aliphatic carbocycles. The Hall–Kier alpha value is -1.90. The van der Waals surface area contributed by atoms with E-state index in [4.69, 9.17) is 0 Å². The summed E-state index contributed by atoms with van der Waals surface area (Å²) in [6, 6.07) is 8.26. The number of rotatable bonds is 0. The van der Waals surface area contributed by atoms with Crippen LogP contribution >= 0.6 is 0 Å². The summed E-state index contributed by atoms with van der Waals surface area (Å²) in [5, 5.41) is 1.25. The number of benzene rings is 1. The van der Waals surface area contributed by atoms with Gasteiger partial charge in [0, 0.05) is 22.7 Å². The van der Waals surface area contributed by atoms with Crippen molar-refractivity contribution in [2.75, 3.05) is 5.43 Å². The molecule has 0 amide bonds. The number of nitrogens with one attached hydrogen (secondary N) is 3. The molecule has 2 aromatic rings. The zero-order chi connectivity index (χ0) is 8.67. The van der Waals surface area contributed by atoms with E-state index in [1.165, 1.54) is 10.9 Å². The molecule has 0 bridgehead atoms. The Bertz CT molecular complexity index is 482. The van der Waals surface area contributed by atoms with Crippen LogP contribution in [0.5, 0.6) is 0 Å². The second-order valence-corrected chi connectivity index (χ2v) is 3.06. The van der Waals surface area contributed by atoms with Gasteiger partial charge in [-0.15, -0.1) is 0 Å². The van der Waals surface area contributed by atoms with E-state index < -0.39 is 0 Å². The van der Waals surface area contributed by atoms with Gasteiger partial charge in [-0.25, -0.2) is 0 Å². The highest BCUT2D eigenvalue weighted by molar-refractivity contribution is 5.95. The number of H-pyrrole nitrogens is 1. The number of anilines is 1. The maximum absolute atomic E-state index is 3.29. The molecule has 0 spiro atoms. The Morgan fingerprint density at radius 2 is 2.00 bits per heavy atom. The molecule has 13 heavy (non-hydrogen) atoms. The average Bonchev–Trinajstić information content (AvgIpc) is 2.56. The van der Waals surface area contributed by atoms with E-state index in [0.717, 1.165) is 11.3 Å². The molecular weight excluding hydrogens is 162 g/mol. The van der Waals surface area contributed by atoms with Crippen LogP contribution in [-0.4, -0.2) is 4.98 Å². The molecule has 2 heterocycles. The van der Waals surface area contributed by atoms with Crippen molar-refractivity contribution in [3.63, 3.8) is 0 Å². The molecule has 1 aliphatic rings. The van der Waals surface area contributed by atoms with Gasteiger partial charge in [-0.3, -0.25) is 5.43 Å². The molecule has 0 unspecified atom stereocenters. The van der Waals surface area contributed by atoms with Crippen LogP contribution < -0.4 is 10.9 Å². The van der Waals surface area contributed by atoms with Gasteiger partial charge in [0.15, 0.2) is 0 Å². The van der Waals surface area contributed by atoms with Crippen LogP contribution in [-0.2, 0) is 0 Å². The minimum absolute atomic E-state index is 1.03. The maximum atomic E-state index is 3.29. The van der Waals surface area contributed by atoms with Gasteiger partial charge in [0.1, 0.15) is 5.82 Å². The fourth-order valence-electron chi connectivity index (χ4n) is 1.67. The van der Waals surface area contributed by atoms with Gasteiger partial charge in [0.2, 0.25) is 0 Å². The lowest BCUT2D eigenvalue weighted by atomic mass is 10.1. The SMILES string of the molecule is C1=Cc2c([nH]c3ccccc23)NN1. The maximum Gasteiger partial charge on any atom is 0.130 e. The van der Waals surface area contributed by atoms with Crippen LogP contribution in [0, 0.1) is 0 Å². The molecule has 1 aliphatic heterocycles. The highest BCUT2D eigenvalue weighted by Crippen LogP contribution is 2.27. The van der Waals surface area contributed by atoms with E-state index in [0.29, 0.717) is 0 Å². The summed E-state index contributed by atoms with van der Waals surface area (Å²) in [6.45, 7) is 0. The van der Waals surface area contributed by atoms with Gasteiger partial charge in [0.25, 0.3) is 0 Å². The van der Waals surface area contributed by atoms with Crippen molar-refractivity contribution in [3.05, 3.63) is 36.0 Å². The van der Waals surface area contributed by atoms with Crippen LogP contribution in [0.3, 0.4) is 0 Å². The van der Waals surface area contributed by atoms with Crippen LogP contribution in [0.15, 0.2) is 30.5 Å². The average molecular weight is 171 g/mol. The Balaban J connectivity index is 2.42. The number of aromatic amines is 1. The van der Waals surface area contributed by atoms with Crippen molar-refractivity contribution < 1.29 is 0 Å². The third-order valence-electron chi connectivity index (χ3n) is 2.28. The first-order chi connectivity index (χ1) is 6.45. The van der Waals surface area contributed by atoms with E-state index in [-0.39, 0.29) is 0 Å². The van der Waals surface area contributed by atoms with Crippen LogP contribution in [0.25, 0.3) is 17.0 Å². The fourth-order valence-corrected chi connectivity index (χ4v) is 1.67. The fraction of sp³-hybridized carbons (Fsp3) is 0. The number of aromatic nitrogens is 1. The predicted molar refractivity (Wildman–Crippen MR) is 54.1 cm³/mol. The number of hydrazine groups is 1. The second-order valence-electron chi connectivity index (χ2n) is 3.06. The summed E-state index contributed by atoms with van der Waals surface area (Å²) in [5.41, 5.74) is 8.38. The molecule has 0 fully saturated rings. The molecule has 3 N–H and O–H groups in total. The lowest BCUT2D eigenvalue weighted by Gasteiger charge is -2.09. The summed E-state index contributed by atoms with van der Waals surface area (Å²) >= 11 is 0. The minimum Gasteiger partial charge on any atom is -0.340 e. The van der Waals surface area contributed by atoms with E-state index in [9.17, 15) is 0 Å². The molecule has 0 atom stereocenters. The van der Waals surface area contributed by atoms with Crippen molar-refractivity contribution in [1.82, 2.24) is 10.4 Å². The summed E-state index contributed by atoms with van der Waals surface area (Å²) in [7, 11) is 0. The Kier molecular flexibility index (Phi) is 1.16. The predicted octanol–water partition coefficient (Wildman–Crippen LogP) is 2.07. The molecule has 64 valence electrons. The van der Waals surface area contributed by atoms with Gasteiger partial charge in [-0.2, -0.15) is 0 Å². The normalized spacial score (nSPS) is 13.5. The van der Waals surface area contributed by atoms with E-state index >= 15 is 0 Å². The van der Waals surface area contributed by atoms with Crippen molar-refractivity contribution in [1.29, 1.82) is 0 Å². The monoisotopic (exact) mass is 171 g/mol. The molecule has 1 aromatic heterocycles. The Morgan fingerprint density at radius 3 is 3.00 bits per heavy atom. The van der Waals surface area contributed by atoms with Crippen molar-refractivity contribution in [2.24, 2.45) is 0 Å². The second kappa shape index (κ2) is 2.29. The number of hydrogen-bond acceptors (Lipinski definition) is 2. The van der Waals surface area contributed by atoms with E-state index in [1.807, 2.05) is 18.3 Å². The largest absolute Gasteiger partial charge is 0.340 e. The summed E-state index contributed by atoms with van der Waals surface area (Å²) < 4.78 is 0. The summed E-state index contributed by atoms with van der Waals surface area (Å²) in [6.07, 6.45) is 3.95. The lowest BCUT2D eigenvalue weighted by Crippen LogP contribution is -2.17. The van der Waals surface area contributed by atoms with E-state index in [1.54, 1.807) is 0 Å². The molecule has 0 saturated carbocycles. The zero-order valence-corrected chi connectivity index (χ0v) is 6.96. The molecule has 0 saturated heterocycles. The highest BCUT2D eigenvalue weighted by Gasteiger charge is 2.09. The molecule has 0 radical (unpaired) electrons. The lowest BCUT2D eigenvalue weighted by molar-refractivity contribution is 1.03. The smallest absolute Gasteiger partial charge is 0.130 e. The number of para-hydroxylation sites is 1. The Morgan fingerprint density at radius 1 is 1.08 bits per heavy atom. The van der Waals surface area contributed by atoms with Crippen molar-refractivity contribution in [2.45, 2.75) is 0 Å². The van der Waals surface area contributed by atoms with Crippen LogP contribution in [0.2, 0.25) is 0 Å². The quantitative estimate of drug-likeness (QED) is 0.567. The first kappa shape index (κ1) is 6.60. The molecule has 3 rings (SSSR count). The molecule has 3 nitrogen and oxygen atoms in total. The summed E-state index contributed by atoms with van der Waals surface area (Å²) in [4.78, 5) is 3.29. The summed E-state index contributed by atoms with van der Waals surface area (Å²) in [5.74, 6) is 1.03. The highest BCUT2D eigenvalue weighted by atomic mass is 15.4. The standard InChI is InChI=1S/C10H9N3/c1-2-4-9-7(3-1)8-5-6-11-13-10(8)12-9/h1-6,11-13H. The van der Waals surface area contributed by atoms with Gasteiger partial charge in [0.05, 0.1) is 0 Å². The van der Waals surface area contributed by atoms with Gasteiger partial charge in [-0.05, 0) is 12.1 Å². The Labute approximate surface area is 75.4 Å². The van der Waals surface area contributed by atoms with Crippen LogP contribution in [0.1, 0.15) is 5.56 Å². The molecule has 1 aromatic carbocycles. The first-order valence-corrected chi connectivity index (χ1v) is 4.24. The number of fused-ring (bicyclic) bond motifs is 3. The van der Waals surface area contributed by atoms with Crippen molar-refractivity contribution in [3.8, 4) is 0 Å². The van der Waals surface area contributed by atoms with Crippen molar-refractivity contribution >= 4 is 22.8 Å². The topological polar surface area (TPSA) is 39.9 Å². The van der Waals surface area contributed by atoms with Crippen LogP contribution in [0.4, 0.5) is 5.82 Å². The van der Waals surface area contributed by atoms with Gasteiger partial charge >= 0.3 is 0 Å².